The Morgan fingerprint density at radius 2 is 2.25 bits per heavy atom. The number of amides is 2. The number of para-hydroxylation sites is 2. The predicted molar refractivity (Wildman–Crippen MR) is 96.4 cm³/mol. The van der Waals surface area contributed by atoms with E-state index in [0.29, 0.717) is 19.5 Å². The molecule has 2 aromatic heterocycles. The van der Waals surface area contributed by atoms with Crippen LogP contribution in [0.2, 0.25) is 0 Å². The van der Waals surface area contributed by atoms with Crippen molar-refractivity contribution in [2.24, 2.45) is 0 Å². The van der Waals surface area contributed by atoms with Gasteiger partial charge >= 0.3 is 6.03 Å². The molecule has 24 heavy (non-hydrogen) atoms. The average Bonchev–Trinajstić information content (AvgIpc) is 3.23. The number of likely N-dealkylation sites (N-methyl/N-ethyl adjacent to an activating group) is 1. The number of aromatic nitrogens is 3. The van der Waals surface area contributed by atoms with E-state index in [1.807, 2.05) is 29.6 Å². The van der Waals surface area contributed by atoms with Gasteiger partial charge in [0.25, 0.3) is 0 Å². The number of rotatable bonds is 6. The number of hydrogen-bond acceptors (Lipinski definition) is 4. The van der Waals surface area contributed by atoms with Crippen molar-refractivity contribution in [1.29, 1.82) is 0 Å². The molecule has 0 unspecified atom stereocenters. The van der Waals surface area contributed by atoms with Crippen LogP contribution in [0.3, 0.4) is 0 Å². The van der Waals surface area contributed by atoms with Gasteiger partial charge in [-0.1, -0.05) is 19.1 Å². The van der Waals surface area contributed by atoms with Gasteiger partial charge in [0, 0.05) is 44.1 Å². The molecule has 2 amide bonds. The molecule has 1 aromatic carbocycles. The fraction of sp³-hybridized carbons (Fsp3) is 0.353. The van der Waals surface area contributed by atoms with Crippen LogP contribution in [0.15, 0.2) is 35.8 Å². The summed E-state index contributed by atoms with van der Waals surface area (Å²) in [7, 11) is 1.81. The normalized spacial score (nSPS) is 12.2. The first-order valence-corrected chi connectivity index (χ1v) is 8.83. The van der Waals surface area contributed by atoms with Crippen LogP contribution >= 0.6 is 11.3 Å². The maximum Gasteiger partial charge on any atom is 0.317 e. The van der Waals surface area contributed by atoms with Gasteiger partial charge in [-0.15, -0.1) is 11.3 Å². The number of aromatic amines is 1. The fourth-order valence-electron chi connectivity index (χ4n) is 2.60. The Morgan fingerprint density at radius 1 is 1.42 bits per heavy atom. The quantitative estimate of drug-likeness (QED) is 0.722. The van der Waals surface area contributed by atoms with Gasteiger partial charge in [0.1, 0.15) is 5.82 Å². The van der Waals surface area contributed by atoms with E-state index in [-0.39, 0.29) is 11.9 Å². The molecule has 0 aliphatic carbocycles. The van der Waals surface area contributed by atoms with Gasteiger partial charge < -0.3 is 15.2 Å². The maximum absolute atomic E-state index is 12.2. The van der Waals surface area contributed by atoms with Gasteiger partial charge in [0.15, 0.2) is 0 Å². The number of nitrogens with one attached hydrogen (secondary N) is 2. The molecule has 3 aromatic rings. The van der Waals surface area contributed by atoms with Crippen molar-refractivity contribution in [2.45, 2.75) is 19.3 Å². The molecule has 6 nitrogen and oxygen atoms in total. The summed E-state index contributed by atoms with van der Waals surface area (Å²) in [6, 6.07) is 7.84. The monoisotopic (exact) mass is 343 g/mol. The Hall–Kier alpha value is -2.41. The second-order valence-corrected chi connectivity index (χ2v) is 6.76. The first kappa shape index (κ1) is 16.4. The molecule has 3 rings (SSSR count). The minimum absolute atomic E-state index is 0.0745. The van der Waals surface area contributed by atoms with Crippen molar-refractivity contribution < 1.29 is 4.79 Å². The van der Waals surface area contributed by atoms with Gasteiger partial charge in [-0.05, 0) is 12.1 Å². The average molecular weight is 343 g/mol. The lowest BCUT2D eigenvalue weighted by molar-refractivity contribution is 0.206. The number of urea groups is 1. The van der Waals surface area contributed by atoms with E-state index in [9.17, 15) is 4.79 Å². The molecule has 0 bridgehead atoms. The zero-order valence-corrected chi connectivity index (χ0v) is 14.6. The Balaban J connectivity index is 1.46. The Kier molecular flexibility index (Phi) is 5.10. The standard InChI is InChI=1S/C17H21N5OS/c1-12(16-18-9-10-24-16)11-22(2)17(23)19-8-7-15-20-13-5-3-4-6-14(13)21-15/h3-6,9-10,12H,7-8,11H2,1-2H3,(H,19,23)(H,20,21)/t12-/m0/s1. The van der Waals surface area contributed by atoms with Crippen molar-refractivity contribution in [1.82, 2.24) is 25.2 Å². The van der Waals surface area contributed by atoms with Crippen LogP contribution in [-0.2, 0) is 6.42 Å². The van der Waals surface area contributed by atoms with Crippen molar-refractivity contribution in [3.63, 3.8) is 0 Å². The second kappa shape index (κ2) is 7.44. The van der Waals surface area contributed by atoms with E-state index < -0.39 is 0 Å². The summed E-state index contributed by atoms with van der Waals surface area (Å²) >= 11 is 1.62. The topological polar surface area (TPSA) is 73.9 Å². The van der Waals surface area contributed by atoms with Gasteiger partial charge in [0.2, 0.25) is 0 Å². The highest BCUT2D eigenvalue weighted by atomic mass is 32.1. The largest absolute Gasteiger partial charge is 0.342 e. The van der Waals surface area contributed by atoms with E-state index in [1.165, 1.54) is 0 Å². The molecular formula is C17H21N5OS. The molecule has 0 aliphatic heterocycles. The Morgan fingerprint density at radius 3 is 3.00 bits per heavy atom. The third-order valence-electron chi connectivity index (χ3n) is 3.84. The summed E-state index contributed by atoms with van der Waals surface area (Å²) in [5, 5.41) is 5.95. The summed E-state index contributed by atoms with van der Waals surface area (Å²) in [5.74, 6) is 1.12. The number of hydrogen-bond donors (Lipinski definition) is 2. The van der Waals surface area contributed by atoms with Crippen molar-refractivity contribution >= 4 is 28.4 Å². The van der Waals surface area contributed by atoms with Gasteiger partial charge in [-0.3, -0.25) is 0 Å². The summed E-state index contributed by atoms with van der Waals surface area (Å²) < 4.78 is 0. The zero-order chi connectivity index (χ0) is 16.9. The SMILES string of the molecule is C[C@@H](CN(C)C(=O)NCCc1nc2ccccc2[nH]1)c1nccs1. The summed E-state index contributed by atoms with van der Waals surface area (Å²) in [6.45, 7) is 3.27. The zero-order valence-electron chi connectivity index (χ0n) is 13.8. The van der Waals surface area contributed by atoms with Crippen LogP contribution in [-0.4, -0.2) is 46.0 Å². The van der Waals surface area contributed by atoms with Crippen molar-refractivity contribution in [3.05, 3.63) is 46.7 Å². The Bertz CT molecular complexity index is 765. The van der Waals surface area contributed by atoms with Gasteiger partial charge in [-0.25, -0.2) is 14.8 Å². The Labute approximate surface area is 144 Å². The van der Waals surface area contributed by atoms with E-state index in [1.54, 1.807) is 29.5 Å². The maximum atomic E-state index is 12.2. The third-order valence-corrected chi connectivity index (χ3v) is 4.85. The number of thiazole rings is 1. The minimum atomic E-state index is -0.0745. The number of nitrogens with zero attached hydrogens (tertiary/aromatic N) is 3. The van der Waals surface area contributed by atoms with Crippen molar-refractivity contribution in [2.75, 3.05) is 20.1 Å². The van der Waals surface area contributed by atoms with E-state index in [0.717, 1.165) is 21.9 Å². The van der Waals surface area contributed by atoms with Crippen LogP contribution in [0.1, 0.15) is 23.7 Å². The molecule has 0 spiro atoms. The predicted octanol–water partition coefficient (Wildman–Crippen LogP) is 3.01. The second-order valence-electron chi connectivity index (χ2n) is 5.83. The van der Waals surface area contributed by atoms with Gasteiger partial charge in [-0.2, -0.15) is 0 Å². The van der Waals surface area contributed by atoms with E-state index in [4.69, 9.17) is 0 Å². The molecule has 1 atom stereocenters. The smallest absolute Gasteiger partial charge is 0.317 e. The minimum Gasteiger partial charge on any atom is -0.342 e. The number of carbonyl (C=O) groups excluding carboxylic acids is 1. The van der Waals surface area contributed by atoms with E-state index in [2.05, 4.69) is 27.2 Å². The van der Waals surface area contributed by atoms with Crippen LogP contribution in [0.4, 0.5) is 4.79 Å². The summed E-state index contributed by atoms with van der Waals surface area (Å²) in [5.41, 5.74) is 1.97. The lowest BCUT2D eigenvalue weighted by atomic mass is 10.2. The highest BCUT2D eigenvalue weighted by Crippen LogP contribution is 2.18. The van der Waals surface area contributed by atoms with Crippen LogP contribution in [0, 0.1) is 0 Å². The third kappa shape index (κ3) is 3.91. The summed E-state index contributed by atoms with van der Waals surface area (Å²) in [6.07, 6.45) is 2.47. The molecule has 2 N–H and O–H groups in total. The first-order valence-electron chi connectivity index (χ1n) is 7.95. The molecular weight excluding hydrogens is 322 g/mol. The van der Waals surface area contributed by atoms with Crippen LogP contribution in [0.25, 0.3) is 11.0 Å². The van der Waals surface area contributed by atoms with Gasteiger partial charge in [0.05, 0.1) is 16.0 Å². The van der Waals surface area contributed by atoms with Crippen molar-refractivity contribution in [3.8, 4) is 0 Å². The molecule has 7 heteroatoms. The van der Waals surface area contributed by atoms with Crippen LogP contribution in [0.5, 0.6) is 0 Å². The number of benzene rings is 1. The highest BCUT2D eigenvalue weighted by Gasteiger charge is 2.15. The molecule has 2 heterocycles. The number of imidazole rings is 1. The highest BCUT2D eigenvalue weighted by molar-refractivity contribution is 7.09. The first-order chi connectivity index (χ1) is 11.6. The lowest BCUT2D eigenvalue weighted by Crippen LogP contribution is -2.40. The molecule has 0 fully saturated rings. The molecule has 126 valence electrons. The number of fused-ring (bicyclic) bond motifs is 1. The fourth-order valence-corrected chi connectivity index (χ4v) is 3.29. The number of carbonyl (C=O) groups is 1. The molecule has 0 saturated heterocycles. The summed E-state index contributed by atoms with van der Waals surface area (Å²) in [4.78, 5) is 26.0. The molecule has 0 radical (unpaired) electrons. The molecule has 0 aliphatic rings. The number of H-pyrrole nitrogens is 1. The van der Waals surface area contributed by atoms with E-state index >= 15 is 0 Å². The van der Waals surface area contributed by atoms with Crippen LogP contribution < -0.4 is 5.32 Å². The lowest BCUT2D eigenvalue weighted by Gasteiger charge is -2.20. The molecule has 0 saturated carbocycles.